The predicted octanol–water partition coefficient (Wildman–Crippen LogP) is 5.40. The number of pyridine rings is 1. The molecule has 0 aliphatic carbocycles. The maximum absolute atomic E-state index is 14.6. The number of hydrogen-bond donors (Lipinski definition) is 4. The smallest absolute Gasteiger partial charge is 0.407 e. The van der Waals surface area contributed by atoms with Crippen LogP contribution in [0.2, 0.25) is 0 Å². The van der Waals surface area contributed by atoms with E-state index in [9.17, 15) is 24.3 Å². The van der Waals surface area contributed by atoms with Gasteiger partial charge >= 0.3 is 12.1 Å². The molecule has 0 saturated carbocycles. The van der Waals surface area contributed by atoms with Gasteiger partial charge in [0.1, 0.15) is 17.1 Å². The van der Waals surface area contributed by atoms with Crippen molar-refractivity contribution in [3.8, 4) is 11.3 Å². The summed E-state index contributed by atoms with van der Waals surface area (Å²) in [5.74, 6) is -1.09. The Labute approximate surface area is 362 Å². The van der Waals surface area contributed by atoms with Crippen molar-refractivity contribution >= 4 is 35.3 Å². The molecular formula is C45H60N8O7S. The molecule has 3 heterocycles. The summed E-state index contributed by atoms with van der Waals surface area (Å²) in [5.41, 5.74) is 6.43. The number of amides is 5. The van der Waals surface area contributed by atoms with Gasteiger partial charge in [0.25, 0.3) is 5.91 Å². The lowest BCUT2D eigenvalue weighted by Crippen LogP contribution is -2.60. The molecule has 2 aromatic carbocycles. The van der Waals surface area contributed by atoms with Crippen LogP contribution in [0.1, 0.15) is 62.9 Å². The molecule has 4 N–H and O–H groups in total. The second-order valence-corrected chi connectivity index (χ2v) is 17.4. The molecule has 0 spiro atoms. The summed E-state index contributed by atoms with van der Waals surface area (Å²) in [5, 5.41) is 22.3. The molecule has 1 saturated heterocycles. The van der Waals surface area contributed by atoms with Crippen molar-refractivity contribution in [2.45, 2.75) is 91.4 Å². The monoisotopic (exact) mass is 856 g/mol. The number of thiazole rings is 1. The third-order valence-electron chi connectivity index (χ3n) is 10.8. The first-order chi connectivity index (χ1) is 29.2. The Morgan fingerprint density at radius 3 is 2.31 bits per heavy atom. The molecule has 1 aliphatic heterocycles. The number of aromatic nitrogens is 2. The number of nitrogens with zero attached hydrogens (tertiary/aromatic N) is 5. The van der Waals surface area contributed by atoms with E-state index in [1.165, 1.54) is 18.4 Å². The third kappa shape index (κ3) is 13.0. The highest BCUT2D eigenvalue weighted by molar-refractivity contribution is 7.09. The van der Waals surface area contributed by atoms with Crippen LogP contribution < -0.4 is 16.1 Å². The van der Waals surface area contributed by atoms with Crippen LogP contribution in [0.4, 0.5) is 9.59 Å². The molecule has 61 heavy (non-hydrogen) atoms. The largest absolute Gasteiger partial charge is 0.453 e. The lowest BCUT2D eigenvalue weighted by Gasteiger charge is -2.36. The second-order valence-electron chi connectivity index (χ2n) is 16.5. The number of aliphatic hydroxyl groups excluding tert-OH is 1. The van der Waals surface area contributed by atoms with E-state index in [0.29, 0.717) is 32.7 Å². The van der Waals surface area contributed by atoms with Gasteiger partial charge in [-0.25, -0.2) is 19.6 Å². The highest BCUT2D eigenvalue weighted by Crippen LogP contribution is 2.25. The maximum atomic E-state index is 14.6. The minimum absolute atomic E-state index is 0.107. The predicted molar refractivity (Wildman–Crippen MR) is 234 cm³/mol. The summed E-state index contributed by atoms with van der Waals surface area (Å²) < 4.78 is 10.0. The van der Waals surface area contributed by atoms with Crippen LogP contribution >= 0.6 is 11.3 Å². The minimum atomic E-state index is -1.21. The highest BCUT2D eigenvalue weighted by atomic mass is 32.1. The summed E-state index contributed by atoms with van der Waals surface area (Å²) in [6, 6.07) is 20.0. The van der Waals surface area contributed by atoms with Crippen LogP contribution in [0.25, 0.3) is 11.3 Å². The lowest BCUT2D eigenvalue weighted by molar-refractivity contribution is -0.132. The summed E-state index contributed by atoms with van der Waals surface area (Å²) >= 11 is 1.48. The lowest BCUT2D eigenvalue weighted by atomic mass is 9.86. The van der Waals surface area contributed by atoms with Gasteiger partial charge in [-0.3, -0.25) is 20.0 Å². The Hall–Kier alpha value is -5.42. The number of hydrogen-bond acceptors (Lipinski definition) is 11. The van der Waals surface area contributed by atoms with Crippen LogP contribution in [0.3, 0.4) is 0 Å². The number of ether oxygens (including phenoxy) is 2. The van der Waals surface area contributed by atoms with Crippen molar-refractivity contribution in [3.05, 3.63) is 106 Å². The number of carbonyl (C=O) groups is 4. The Morgan fingerprint density at radius 2 is 1.67 bits per heavy atom. The summed E-state index contributed by atoms with van der Waals surface area (Å²) in [7, 11) is 2.84. The molecule has 328 valence electrons. The van der Waals surface area contributed by atoms with E-state index in [4.69, 9.17) is 9.47 Å². The van der Waals surface area contributed by atoms with Crippen LogP contribution in [0.15, 0.2) is 84.4 Å². The number of rotatable bonds is 20. The zero-order chi connectivity index (χ0) is 44.1. The number of nitrogens with one attached hydrogen (secondary N) is 3. The highest BCUT2D eigenvalue weighted by Gasteiger charge is 2.41. The summed E-state index contributed by atoms with van der Waals surface area (Å²) in [6.45, 7) is 11.0. The molecule has 5 amide bonds. The number of methoxy groups -OCH3 is 2. The van der Waals surface area contributed by atoms with E-state index in [0.717, 1.165) is 33.1 Å². The van der Waals surface area contributed by atoms with Crippen molar-refractivity contribution in [3.63, 3.8) is 0 Å². The SMILES string of the molecule is CC[C@H](C)[C@@H](C(=O)N[C@@H](Cc1ccccc1)[C@@H](O)CN(Cc1ccc(-c2ccccn2)cc1)NC(=O)[C@@H](NC(=O)OC)C(C)(C)C)N1CCN(Cc2csc(COC)n2)C1=O. The minimum Gasteiger partial charge on any atom is -0.453 e. The molecule has 1 aliphatic rings. The van der Waals surface area contributed by atoms with Gasteiger partial charge in [-0.05, 0) is 41.0 Å². The molecule has 0 unspecified atom stereocenters. The zero-order valence-electron chi connectivity index (χ0n) is 36.2. The fourth-order valence-electron chi connectivity index (χ4n) is 7.27. The van der Waals surface area contributed by atoms with Gasteiger partial charge < -0.3 is 35.0 Å². The van der Waals surface area contributed by atoms with Crippen molar-refractivity contribution < 1.29 is 33.8 Å². The first kappa shape index (κ1) is 46.6. The molecular weight excluding hydrogens is 797 g/mol. The fraction of sp³-hybridized carbons (Fsp3) is 0.467. The van der Waals surface area contributed by atoms with Crippen LogP contribution in [0, 0.1) is 11.3 Å². The number of aliphatic hydroxyl groups is 1. The molecule has 4 aromatic rings. The van der Waals surface area contributed by atoms with Gasteiger partial charge in [0.15, 0.2) is 0 Å². The van der Waals surface area contributed by atoms with Crippen LogP contribution in [0.5, 0.6) is 0 Å². The number of alkyl carbamates (subject to hydrolysis) is 1. The van der Waals surface area contributed by atoms with Crippen molar-refractivity contribution in [2.24, 2.45) is 11.3 Å². The van der Waals surface area contributed by atoms with E-state index in [1.807, 2.05) is 113 Å². The zero-order valence-corrected chi connectivity index (χ0v) is 37.0. The molecule has 1 fully saturated rings. The number of hydrazine groups is 1. The van der Waals surface area contributed by atoms with E-state index >= 15 is 0 Å². The summed E-state index contributed by atoms with van der Waals surface area (Å²) in [4.78, 5) is 67.2. The van der Waals surface area contributed by atoms with E-state index < -0.39 is 41.6 Å². The topological polar surface area (TPSA) is 179 Å². The van der Waals surface area contributed by atoms with Crippen LogP contribution in [-0.4, -0.2) is 112 Å². The van der Waals surface area contributed by atoms with Crippen LogP contribution in [-0.2, 0) is 45.2 Å². The first-order valence-electron chi connectivity index (χ1n) is 20.6. The third-order valence-corrected chi connectivity index (χ3v) is 11.6. The number of carbonyl (C=O) groups excluding carboxylic acids is 4. The molecule has 5 rings (SSSR count). The summed E-state index contributed by atoms with van der Waals surface area (Å²) in [6.07, 6.45) is 0.657. The molecule has 0 radical (unpaired) electrons. The Kier molecular flexibility index (Phi) is 16.7. The normalized spacial score (nSPS) is 15.5. The average Bonchev–Trinajstić information content (AvgIpc) is 3.84. The number of benzene rings is 2. The van der Waals surface area contributed by atoms with Crippen molar-refractivity contribution in [1.82, 2.24) is 40.8 Å². The molecule has 0 bridgehead atoms. The van der Waals surface area contributed by atoms with Gasteiger partial charge in [0, 0.05) is 50.4 Å². The van der Waals surface area contributed by atoms with Gasteiger partial charge in [0.05, 0.1) is 43.8 Å². The average molecular weight is 857 g/mol. The van der Waals surface area contributed by atoms with Gasteiger partial charge in [-0.1, -0.05) is 102 Å². The maximum Gasteiger partial charge on any atom is 0.407 e. The van der Waals surface area contributed by atoms with Crippen molar-refractivity contribution in [1.29, 1.82) is 0 Å². The Bertz CT molecular complexity index is 2030. The second kappa shape index (κ2) is 21.9. The molecule has 15 nitrogen and oxygen atoms in total. The number of urea groups is 1. The Morgan fingerprint density at radius 1 is 0.951 bits per heavy atom. The van der Waals surface area contributed by atoms with Crippen molar-refractivity contribution in [2.75, 3.05) is 33.9 Å². The van der Waals surface area contributed by atoms with Gasteiger partial charge in [-0.15, -0.1) is 11.3 Å². The van der Waals surface area contributed by atoms with E-state index in [1.54, 1.807) is 28.1 Å². The van der Waals surface area contributed by atoms with E-state index in [-0.39, 0.29) is 37.4 Å². The van der Waals surface area contributed by atoms with Gasteiger partial charge in [-0.2, -0.15) is 0 Å². The quantitative estimate of drug-likeness (QED) is 0.0843. The fourth-order valence-corrected chi connectivity index (χ4v) is 8.03. The standard InChI is InChI=1S/C45H60N8O7S/c1-8-30(2)39(53-23-22-51(44(53)58)26-34-29-61-38(47-34)28-59-6)41(55)48-36(24-31-14-10-9-11-15-31)37(54)27-52(50-42(56)40(45(3,4)5)49-43(57)60-7)25-32-17-19-33(20-18-32)35-16-12-13-21-46-35/h9-21,29-30,36-37,39-40,54H,8,22-28H2,1-7H3,(H,48,55)(H,49,57)(H,50,56)/t30-,36-,37-,39-,40+/m0/s1. The Balaban J connectivity index is 1.40. The molecule has 5 atom stereocenters. The molecule has 16 heteroatoms. The first-order valence-corrected chi connectivity index (χ1v) is 21.5. The van der Waals surface area contributed by atoms with Gasteiger partial charge in [0.2, 0.25) is 5.91 Å². The van der Waals surface area contributed by atoms with E-state index in [2.05, 4.69) is 26.0 Å². The molecule has 2 aromatic heterocycles.